The molecule has 3 aliphatic carbocycles. The van der Waals surface area contributed by atoms with Gasteiger partial charge in [0.1, 0.15) is 0 Å². The molecule has 126 valence electrons. The van der Waals surface area contributed by atoms with Crippen molar-refractivity contribution in [3.63, 3.8) is 0 Å². The lowest BCUT2D eigenvalue weighted by molar-refractivity contribution is 0.510. The minimum atomic E-state index is 0. The van der Waals surface area contributed by atoms with Crippen molar-refractivity contribution in [3.8, 4) is 0 Å². The molecule has 3 nitrogen and oxygen atoms in total. The maximum Gasteiger partial charge on any atom is 0.0564 e. The predicted octanol–water partition coefficient (Wildman–Crippen LogP) is 4.54. The summed E-state index contributed by atoms with van der Waals surface area (Å²) in [4.78, 5) is 0. The first-order chi connectivity index (χ1) is 11.8. The molecule has 0 radical (unpaired) electrons. The lowest BCUT2D eigenvalue weighted by Crippen LogP contribution is -2.28. The van der Waals surface area contributed by atoms with Gasteiger partial charge in [-0.3, -0.25) is 4.68 Å². The minimum Gasteiger partial charge on any atom is -0.383 e. The normalized spacial score (nSPS) is 23.9. The average Bonchev–Trinajstić information content (AvgIpc) is 2.87. The summed E-state index contributed by atoms with van der Waals surface area (Å²) in [6.45, 7) is 0. The van der Waals surface area contributed by atoms with E-state index in [9.17, 15) is 0 Å². The van der Waals surface area contributed by atoms with Crippen LogP contribution >= 0.6 is 0 Å². The van der Waals surface area contributed by atoms with Crippen molar-refractivity contribution in [2.75, 3.05) is 0 Å². The maximum atomic E-state index is 4.30. The second kappa shape index (κ2) is 6.68. The quantitative estimate of drug-likeness (QED) is 0.829. The molecule has 1 heterocycles. The molecule has 1 unspecified atom stereocenters. The Hall–Kier alpha value is -2.29. The molecule has 0 aliphatic heterocycles. The Kier molecular flexibility index (Phi) is 4.24. The van der Waals surface area contributed by atoms with Gasteiger partial charge >= 0.3 is 0 Å². The van der Waals surface area contributed by atoms with Crippen LogP contribution in [0, 0.1) is 5.92 Å². The predicted molar refractivity (Wildman–Crippen MR) is 101 cm³/mol. The number of hydrogen-bond donors (Lipinski definition) is 1. The Morgan fingerprint density at radius 1 is 1.17 bits per heavy atom. The third-order valence-corrected chi connectivity index (χ3v) is 5.16. The molecule has 0 saturated carbocycles. The Balaban J connectivity index is 0.00000182. The van der Waals surface area contributed by atoms with Gasteiger partial charge in [0.25, 0.3) is 0 Å². The monoisotopic (exact) mass is 321 g/mol. The van der Waals surface area contributed by atoms with Crippen LogP contribution in [0.5, 0.6) is 0 Å². The molecule has 0 bridgehead atoms. The van der Waals surface area contributed by atoms with Crippen molar-refractivity contribution in [2.24, 2.45) is 13.0 Å². The molecule has 24 heavy (non-hydrogen) atoms. The van der Waals surface area contributed by atoms with Gasteiger partial charge in [0.2, 0.25) is 0 Å². The van der Waals surface area contributed by atoms with Crippen LogP contribution in [0.15, 0.2) is 66.2 Å². The zero-order valence-corrected chi connectivity index (χ0v) is 14.3. The van der Waals surface area contributed by atoms with E-state index in [0.717, 1.165) is 6.42 Å². The fourth-order valence-corrected chi connectivity index (χ4v) is 3.79. The van der Waals surface area contributed by atoms with Crippen molar-refractivity contribution in [3.05, 3.63) is 71.8 Å². The maximum absolute atomic E-state index is 4.30. The molecule has 0 fully saturated rings. The Bertz CT molecular complexity index is 754. The van der Waals surface area contributed by atoms with E-state index in [2.05, 4.69) is 59.1 Å². The Labute approximate surface area is 145 Å². The smallest absolute Gasteiger partial charge is 0.0564 e. The topological polar surface area (TPSA) is 29.9 Å². The molecular formula is C21H27N3. The van der Waals surface area contributed by atoms with Crippen molar-refractivity contribution < 1.29 is 1.43 Å². The van der Waals surface area contributed by atoms with Crippen LogP contribution in [0.3, 0.4) is 0 Å². The van der Waals surface area contributed by atoms with E-state index in [-0.39, 0.29) is 1.43 Å². The molecule has 3 aliphatic rings. The van der Waals surface area contributed by atoms with Crippen LogP contribution in [0.1, 0.15) is 39.1 Å². The van der Waals surface area contributed by atoms with Gasteiger partial charge in [-0.05, 0) is 49.3 Å². The summed E-state index contributed by atoms with van der Waals surface area (Å²) >= 11 is 0. The van der Waals surface area contributed by atoms with E-state index in [1.807, 2.05) is 17.9 Å². The highest BCUT2D eigenvalue weighted by Gasteiger charge is 2.21. The summed E-state index contributed by atoms with van der Waals surface area (Å²) in [5.41, 5.74) is 5.31. The second-order valence-corrected chi connectivity index (χ2v) is 6.99. The van der Waals surface area contributed by atoms with Gasteiger partial charge in [-0.2, -0.15) is 5.10 Å². The van der Waals surface area contributed by atoms with Gasteiger partial charge in [0.05, 0.1) is 6.20 Å². The second-order valence-electron chi connectivity index (χ2n) is 6.99. The number of aromatic nitrogens is 2. The van der Waals surface area contributed by atoms with Crippen molar-refractivity contribution in [1.29, 1.82) is 0 Å². The Morgan fingerprint density at radius 2 is 2.00 bits per heavy atom. The Morgan fingerprint density at radius 3 is 2.75 bits per heavy atom. The number of rotatable bonds is 3. The lowest BCUT2D eigenvalue weighted by atomic mass is 9.82. The van der Waals surface area contributed by atoms with E-state index in [4.69, 9.17) is 0 Å². The van der Waals surface area contributed by atoms with Gasteiger partial charge in [-0.1, -0.05) is 36.5 Å². The molecule has 0 saturated heterocycles. The third-order valence-electron chi connectivity index (χ3n) is 5.16. The average molecular weight is 321 g/mol. The number of hydrogen-bond acceptors (Lipinski definition) is 2. The fourth-order valence-electron chi connectivity index (χ4n) is 3.79. The van der Waals surface area contributed by atoms with Crippen LogP contribution in [-0.2, 0) is 7.05 Å². The summed E-state index contributed by atoms with van der Waals surface area (Å²) < 4.78 is 1.87. The molecule has 1 N–H and O–H groups in total. The van der Waals surface area contributed by atoms with Crippen molar-refractivity contribution in [1.82, 2.24) is 15.1 Å². The number of nitrogens with zero attached hydrogens (tertiary/aromatic N) is 2. The molecule has 1 aromatic heterocycles. The highest BCUT2D eigenvalue weighted by atomic mass is 15.2. The first kappa shape index (κ1) is 15.3. The highest BCUT2D eigenvalue weighted by Crippen LogP contribution is 2.35. The summed E-state index contributed by atoms with van der Waals surface area (Å²) in [7, 11) is 1.97. The summed E-state index contributed by atoms with van der Waals surface area (Å²) in [5.74, 6) is 0.474. The number of nitrogens with one attached hydrogen (secondary N) is 1. The lowest BCUT2D eigenvalue weighted by Gasteiger charge is -2.26. The van der Waals surface area contributed by atoms with Gasteiger partial charge in [-0.25, -0.2) is 0 Å². The van der Waals surface area contributed by atoms with Crippen molar-refractivity contribution in [2.45, 2.75) is 38.1 Å². The van der Waals surface area contributed by atoms with E-state index < -0.39 is 0 Å². The molecule has 1 atom stereocenters. The molecule has 3 heteroatoms. The largest absolute Gasteiger partial charge is 0.383 e. The van der Waals surface area contributed by atoms with Gasteiger partial charge in [0, 0.05) is 37.9 Å². The molecule has 0 spiro atoms. The first-order valence-electron chi connectivity index (χ1n) is 8.99. The summed E-state index contributed by atoms with van der Waals surface area (Å²) in [6, 6.07) is 0.596. The fraction of sp³-hybridized carbons (Fsp3) is 0.381. The number of aryl methyl sites for hydroxylation is 1. The van der Waals surface area contributed by atoms with Gasteiger partial charge in [0.15, 0.2) is 0 Å². The van der Waals surface area contributed by atoms with Crippen LogP contribution < -0.4 is 5.32 Å². The number of fused-ring (bicyclic) bond motifs is 1. The van der Waals surface area contributed by atoms with Crippen LogP contribution in [0.2, 0.25) is 0 Å². The minimum absolute atomic E-state index is 0. The summed E-state index contributed by atoms with van der Waals surface area (Å²) in [5, 5.41) is 8.07. The standard InChI is InChI=1S/C21H25N3.H2/c1-24-15-19(14-22-24)17-9-8-16-10-11-21(13-18(16)12-17)23-20-6-4-2-3-5-7-20;/h2-3,8-11,13-15,18,20,23H,4-7,12H2,1H3;1H. The van der Waals surface area contributed by atoms with E-state index in [0.29, 0.717) is 12.0 Å². The highest BCUT2D eigenvalue weighted by molar-refractivity contribution is 5.69. The van der Waals surface area contributed by atoms with E-state index >= 15 is 0 Å². The van der Waals surface area contributed by atoms with Crippen LogP contribution in [0.25, 0.3) is 5.57 Å². The zero-order chi connectivity index (χ0) is 16.4. The van der Waals surface area contributed by atoms with Crippen molar-refractivity contribution >= 4 is 5.57 Å². The van der Waals surface area contributed by atoms with E-state index in [1.54, 1.807) is 0 Å². The van der Waals surface area contributed by atoms with Crippen LogP contribution in [-0.4, -0.2) is 15.8 Å². The zero-order valence-electron chi connectivity index (χ0n) is 14.3. The van der Waals surface area contributed by atoms with Gasteiger partial charge in [-0.15, -0.1) is 0 Å². The molecule has 1 aromatic rings. The molecular weight excluding hydrogens is 294 g/mol. The van der Waals surface area contributed by atoms with Crippen LogP contribution in [0.4, 0.5) is 0 Å². The molecule has 0 amide bonds. The van der Waals surface area contributed by atoms with Gasteiger partial charge < -0.3 is 5.32 Å². The molecule has 0 aromatic carbocycles. The first-order valence-corrected chi connectivity index (χ1v) is 8.99. The van der Waals surface area contributed by atoms with E-state index in [1.165, 1.54) is 48.1 Å². The summed E-state index contributed by atoms with van der Waals surface area (Å²) in [6.07, 6.45) is 26.0. The third kappa shape index (κ3) is 3.30. The number of allylic oxidation sites excluding steroid dienone is 9. The molecule has 4 rings (SSSR count). The SMILES string of the molecule is Cn1cc(C2=CC=C3C=CC(NC4CCC=CCC4)=CC3C2)cn1.[HH].